The highest BCUT2D eigenvalue weighted by Gasteiger charge is 2.44. The van der Waals surface area contributed by atoms with E-state index in [9.17, 15) is 34.2 Å². The molecule has 0 bridgehead atoms. The van der Waals surface area contributed by atoms with Gasteiger partial charge in [-0.15, -0.1) is 0 Å². The summed E-state index contributed by atoms with van der Waals surface area (Å²) < 4.78 is 37.6. The molecule has 0 N–H and O–H groups in total. The van der Waals surface area contributed by atoms with Crippen molar-refractivity contribution in [1.82, 2.24) is 0 Å². The number of nitrogens with zero attached hydrogens (tertiary/aromatic N) is 2. The zero-order valence-electron chi connectivity index (χ0n) is 24.8. The molecule has 4 atom stereocenters. The fraction of sp³-hybridized carbons (Fsp3) is 0.235. The smallest absolute Gasteiger partial charge is 0.340 e. The lowest BCUT2D eigenvalue weighted by Gasteiger charge is -2.42. The third kappa shape index (κ3) is 8.39. The Hall–Kier alpha value is -5.53. The molecule has 5 rings (SSSR count). The van der Waals surface area contributed by atoms with E-state index in [0.29, 0.717) is 5.56 Å². The van der Waals surface area contributed by atoms with Gasteiger partial charge in [0.1, 0.15) is 5.82 Å². The monoisotopic (exact) mass is 644 g/mol. The summed E-state index contributed by atoms with van der Waals surface area (Å²) in [4.78, 5) is 46.9. The molecule has 242 valence electrons. The second-order valence-electron chi connectivity index (χ2n) is 10.8. The molecule has 47 heavy (non-hydrogen) atoms. The quantitative estimate of drug-likeness (QED) is 0.0981. The number of benzene rings is 4. The summed E-state index contributed by atoms with van der Waals surface area (Å²) in [7, 11) is 0. The summed E-state index contributed by atoms with van der Waals surface area (Å²) in [6.07, 6.45) is -1.17. The Bertz CT molecular complexity index is 1700. The molecule has 0 radical (unpaired) electrons. The van der Waals surface area contributed by atoms with Crippen LogP contribution >= 0.6 is 0 Å². The molecule has 0 unspecified atom stereocenters. The van der Waals surface area contributed by atoms with E-state index in [2.05, 4.69) is 0 Å². The largest absolute Gasteiger partial charge is 0.462 e. The number of nitro groups is 2. The first-order chi connectivity index (χ1) is 22.7. The van der Waals surface area contributed by atoms with Crippen molar-refractivity contribution in [3.63, 3.8) is 0 Å². The van der Waals surface area contributed by atoms with Gasteiger partial charge in [0.05, 0.1) is 53.3 Å². The number of hydrogen-bond donors (Lipinski definition) is 0. The van der Waals surface area contributed by atoms with Crippen LogP contribution in [-0.4, -0.2) is 47.9 Å². The zero-order valence-corrected chi connectivity index (χ0v) is 24.8. The molecule has 13 heteroatoms. The second-order valence-corrected chi connectivity index (χ2v) is 10.8. The predicted molar refractivity (Wildman–Crippen MR) is 164 cm³/mol. The number of ether oxygens (including phenoxy) is 4. The van der Waals surface area contributed by atoms with Crippen molar-refractivity contribution in [2.75, 3.05) is 19.8 Å². The fourth-order valence-electron chi connectivity index (χ4n) is 5.31. The molecule has 4 aromatic rings. The number of hydrogen-bond acceptors (Lipinski definition) is 10. The Kier molecular flexibility index (Phi) is 10.6. The summed E-state index contributed by atoms with van der Waals surface area (Å²) in [5.41, 5.74) is 1.31. The highest BCUT2D eigenvalue weighted by atomic mass is 19.1. The third-order valence-corrected chi connectivity index (χ3v) is 7.79. The first-order valence-corrected chi connectivity index (χ1v) is 14.6. The van der Waals surface area contributed by atoms with E-state index in [1.807, 2.05) is 30.3 Å². The number of rotatable bonds is 12. The van der Waals surface area contributed by atoms with Crippen LogP contribution < -0.4 is 0 Å². The maximum absolute atomic E-state index is 14.0. The minimum absolute atomic E-state index is 0.0111. The van der Waals surface area contributed by atoms with Crippen LogP contribution in [0.25, 0.3) is 0 Å². The van der Waals surface area contributed by atoms with E-state index in [4.69, 9.17) is 18.9 Å². The molecule has 0 saturated carbocycles. The summed E-state index contributed by atoms with van der Waals surface area (Å²) in [5.74, 6) is -3.62. The number of esters is 2. The molecule has 1 saturated heterocycles. The van der Waals surface area contributed by atoms with Crippen LogP contribution in [0.5, 0.6) is 0 Å². The number of non-ortho nitro benzene ring substituents is 2. The van der Waals surface area contributed by atoms with Crippen molar-refractivity contribution in [3.05, 3.63) is 151 Å². The highest BCUT2D eigenvalue weighted by molar-refractivity contribution is 5.90. The van der Waals surface area contributed by atoms with Crippen molar-refractivity contribution in [2.24, 2.45) is 11.8 Å². The minimum Gasteiger partial charge on any atom is -0.462 e. The SMILES string of the molecule is O=C(OC[C@@H]1CO[C@@H](OC(=O)c2ccc([N+](=O)[O-])cc2)[C@H](c2ccc(F)cc2)[C@H]1COCc1ccccc1)c1ccc([N+](=O)[O-])cc1. The lowest BCUT2D eigenvalue weighted by Crippen LogP contribution is -2.46. The van der Waals surface area contributed by atoms with Crippen LogP contribution in [0.2, 0.25) is 0 Å². The average molecular weight is 645 g/mol. The zero-order chi connectivity index (χ0) is 33.3. The molecular weight excluding hydrogens is 615 g/mol. The van der Waals surface area contributed by atoms with Gasteiger partial charge in [-0.3, -0.25) is 20.2 Å². The predicted octanol–water partition coefficient (Wildman–Crippen LogP) is 6.25. The Balaban J connectivity index is 1.39. The summed E-state index contributed by atoms with van der Waals surface area (Å²) in [5, 5.41) is 22.0. The van der Waals surface area contributed by atoms with Gasteiger partial charge >= 0.3 is 11.9 Å². The van der Waals surface area contributed by atoms with Gasteiger partial charge in [0.15, 0.2) is 0 Å². The van der Waals surface area contributed by atoms with Crippen LogP contribution in [0.3, 0.4) is 0 Å². The van der Waals surface area contributed by atoms with Gasteiger partial charge in [-0.25, -0.2) is 14.0 Å². The first kappa shape index (κ1) is 32.9. The Labute approximate surface area is 267 Å². The number of carbonyl (C=O) groups is 2. The minimum atomic E-state index is -1.17. The van der Waals surface area contributed by atoms with Crippen molar-refractivity contribution in [1.29, 1.82) is 0 Å². The van der Waals surface area contributed by atoms with Gasteiger partial charge < -0.3 is 18.9 Å². The normalized spacial score (nSPS) is 19.0. The molecule has 12 nitrogen and oxygen atoms in total. The van der Waals surface area contributed by atoms with Gasteiger partial charge in [0.2, 0.25) is 6.29 Å². The van der Waals surface area contributed by atoms with E-state index < -0.39 is 51.6 Å². The molecule has 4 aromatic carbocycles. The summed E-state index contributed by atoms with van der Waals surface area (Å²) in [6, 6.07) is 25.0. The van der Waals surface area contributed by atoms with E-state index in [-0.39, 0.29) is 48.9 Å². The van der Waals surface area contributed by atoms with Crippen molar-refractivity contribution < 1.29 is 42.8 Å². The Morgan fingerprint density at radius 3 is 1.91 bits per heavy atom. The maximum atomic E-state index is 14.0. The number of carbonyl (C=O) groups excluding carboxylic acids is 2. The standard InChI is InChI=1S/C34H29FN2O10/c35-27-12-6-23(7-13-27)31-30(21-44-18-22-4-2-1-3-5-22)26(19-45-32(38)24-8-14-28(15-9-24)36(40)41)20-46-34(31)47-33(39)25-10-16-29(17-11-25)37(42)43/h1-17,26,30-31,34H,18-21H2/t26-,30+,31-,34+/m1/s1. The first-order valence-electron chi connectivity index (χ1n) is 14.6. The maximum Gasteiger partial charge on any atom is 0.340 e. The highest BCUT2D eigenvalue weighted by Crippen LogP contribution is 2.41. The Morgan fingerprint density at radius 2 is 1.34 bits per heavy atom. The van der Waals surface area contributed by atoms with Gasteiger partial charge in [-0.05, 0) is 47.5 Å². The molecular formula is C34H29FN2O10. The van der Waals surface area contributed by atoms with E-state index in [1.54, 1.807) is 12.1 Å². The van der Waals surface area contributed by atoms with Crippen LogP contribution in [0.15, 0.2) is 103 Å². The van der Waals surface area contributed by atoms with Crippen LogP contribution in [0.4, 0.5) is 15.8 Å². The average Bonchev–Trinajstić information content (AvgIpc) is 3.08. The van der Waals surface area contributed by atoms with Crippen molar-refractivity contribution in [3.8, 4) is 0 Å². The van der Waals surface area contributed by atoms with E-state index in [1.165, 1.54) is 60.7 Å². The van der Waals surface area contributed by atoms with E-state index >= 15 is 0 Å². The molecule has 0 amide bonds. The number of nitro benzene ring substituents is 2. The van der Waals surface area contributed by atoms with Gasteiger partial charge in [0.25, 0.3) is 11.4 Å². The molecule has 1 heterocycles. The third-order valence-electron chi connectivity index (χ3n) is 7.79. The molecule has 1 fully saturated rings. The van der Waals surface area contributed by atoms with Gasteiger partial charge in [-0.1, -0.05) is 42.5 Å². The topological polar surface area (TPSA) is 157 Å². The summed E-state index contributed by atoms with van der Waals surface area (Å²) in [6.45, 7) is 0.237. The van der Waals surface area contributed by atoms with Gasteiger partial charge in [-0.2, -0.15) is 0 Å². The van der Waals surface area contributed by atoms with Crippen LogP contribution in [0, 0.1) is 37.9 Å². The molecule has 0 spiro atoms. The molecule has 0 aromatic heterocycles. The lowest BCUT2D eigenvalue weighted by atomic mass is 9.76. The molecule has 1 aliphatic rings. The van der Waals surface area contributed by atoms with E-state index in [0.717, 1.165) is 5.56 Å². The van der Waals surface area contributed by atoms with Crippen molar-refractivity contribution in [2.45, 2.75) is 18.8 Å². The molecule has 1 aliphatic heterocycles. The van der Waals surface area contributed by atoms with Crippen LogP contribution in [0.1, 0.15) is 37.8 Å². The Morgan fingerprint density at radius 1 is 0.766 bits per heavy atom. The number of halogens is 1. The van der Waals surface area contributed by atoms with Crippen molar-refractivity contribution >= 4 is 23.3 Å². The van der Waals surface area contributed by atoms with Gasteiger partial charge in [0, 0.05) is 36.1 Å². The lowest BCUT2D eigenvalue weighted by molar-refractivity contribution is -0.385. The fourth-order valence-corrected chi connectivity index (χ4v) is 5.31. The van der Waals surface area contributed by atoms with Crippen LogP contribution in [-0.2, 0) is 25.6 Å². The summed E-state index contributed by atoms with van der Waals surface area (Å²) >= 11 is 0. The second kappa shape index (κ2) is 15.2. The molecule has 0 aliphatic carbocycles.